The van der Waals surface area contributed by atoms with Crippen LogP contribution in [0, 0.1) is 11.8 Å². The number of esters is 1. The van der Waals surface area contributed by atoms with Crippen LogP contribution in [-0.2, 0) is 19.1 Å². The van der Waals surface area contributed by atoms with Crippen molar-refractivity contribution in [3.05, 3.63) is 150 Å². The molecule has 2 saturated heterocycles. The maximum absolute atomic E-state index is 14.5. The zero-order valence-electron chi connectivity index (χ0n) is 23.7. The van der Waals surface area contributed by atoms with Gasteiger partial charge in [-0.3, -0.25) is 9.59 Å². The van der Waals surface area contributed by atoms with E-state index in [-0.39, 0.29) is 11.8 Å². The first-order chi connectivity index (χ1) is 21.6. The van der Waals surface area contributed by atoms with E-state index in [1.54, 1.807) is 6.07 Å². The van der Waals surface area contributed by atoms with Gasteiger partial charge in [0.15, 0.2) is 6.10 Å². The van der Waals surface area contributed by atoms with Crippen LogP contribution in [0.25, 0.3) is 16.8 Å². The number of carbonyl (C=O) groups excluding carboxylic acids is 3. The molecule has 4 atom stereocenters. The van der Waals surface area contributed by atoms with Gasteiger partial charge in [-0.2, -0.15) is 0 Å². The Labute approximate surface area is 254 Å². The molecule has 0 bridgehead atoms. The molecule has 2 amide bonds. The van der Waals surface area contributed by atoms with E-state index in [0.29, 0.717) is 5.69 Å². The van der Waals surface area contributed by atoms with Crippen molar-refractivity contribution in [2.75, 3.05) is 9.80 Å². The lowest BCUT2D eigenvalue weighted by atomic mass is 9.88. The van der Waals surface area contributed by atoms with Crippen LogP contribution in [0.2, 0.25) is 0 Å². The molecule has 0 unspecified atom stereocenters. The molecule has 44 heavy (non-hydrogen) atoms. The molecule has 2 fully saturated rings. The molecule has 6 nitrogen and oxygen atoms in total. The number of ether oxygens (including phenoxy) is 1. The van der Waals surface area contributed by atoms with Gasteiger partial charge in [-0.25, -0.2) is 9.69 Å². The van der Waals surface area contributed by atoms with Gasteiger partial charge >= 0.3 is 5.97 Å². The zero-order valence-corrected chi connectivity index (χ0v) is 23.7. The average Bonchev–Trinajstić information content (AvgIpc) is 3.56. The fraction of sp³-hybridized carbons (Fsp3) is 0.132. The zero-order chi connectivity index (χ0) is 29.8. The Bertz CT molecular complexity index is 1910. The van der Waals surface area contributed by atoms with E-state index in [1.165, 1.54) is 4.90 Å². The summed E-state index contributed by atoms with van der Waals surface area (Å²) in [5, 5.41) is 1.74. The van der Waals surface area contributed by atoms with Gasteiger partial charge in [0, 0.05) is 11.1 Å². The Balaban J connectivity index is 1.24. The molecular weight excluding hydrogens is 548 g/mol. The van der Waals surface area contributed by atoms with Crippen LogP contribution in [-0.4, -0.2) is 29.9 Å². The first-order valence-corrected chi connectivity index (χ1v) is 14.8. The summed E-state index contributed by atoms with van der Waals surface area (Å²) < 4.78 is 6.39. The first kappa shape index (κ1) is 26.2. The second-order valence-corrected chi connectivity index (χ2v) is 11.5. The fourth-order valence-electron chi connectivity index (χ4n) is 7.20. The molecule has 3 aliphatic rings. The number of carbonyl (C=O) groups is 3. The molecule has 0 saturated carbocycles. The van der Waals surface area contributed by atoms with Gasteiger partial charge in [0.2, 0.25) is 11.8 Å². The molecule has 214 valence electrons. The number of para-hydroxylation sites is 1. The van der Waals surface area contributed by atoms with Crippen LogP contribution < -0.4 is 9.80 Å². The van der Waals surface area contributed by atoms with Crippen LogP contribution in [0.15, 0.2) is 133 Å². The lowest BCUT2D eigenvalue weighted by Crippen LogP contribution is -2.49. The second kappa shape index (κ2) is 10.3. The van der Waals surface area contributed by atoms with Crippen molar-refractivity contribution in [1.82, 2.24) is 0 Å². The highest BCUT2D eigenvalue weighted by atomic mass is 16.5. The summed E-state index contributed by atoms with van der Waals surface area (Å²) in [6, 6.07) is 38.8. The Morgan fingerprint density at radius 3 is 1.98 bits per heavy atom. The predicted octanol–water partition coefficient (Wildman–Crippen LogP) is 6.56. The normalized spacial score (nSPS) is 21.8. The van der Waals surface area contributed by atoms with Crippen molar-refractivity contribution in [1.29, 1.82) is 0 Å². The van der Waals surface area contributed by atoms with E-state index in [1.807, 2.05) is 138 Å². The monoisotopic (exact) mass is 576 g/mol. The van der Waals surface area contributed by atoms with Crippen molar-refractivity contribution in [3.8, 4) is 0 Å². The quantitative estimate of drug-likeness (QED) is 0.175. The number of amides is 2. The molecule has 0 aromatic heterocycles. The van der Waals surface area contributed by atoms with Gasteiger partial charge in [0.1, 0.15) is 6.04 Å². The summed E-state index contributed by atoms with van der Waals surface area (Å²) in [6.07, 6.45) is 3.26. The number of nitrogens with zero attached hydrogens (tertiary/aromatic N) is 2. The van der Waals surface area contributed by atoms with Crippen LogP contribution >= 0.6 is 0 Å². The number of fused-ring (bicyclic) bond motifs is 6. The second-order valence-electron chi connectivity index (χ2n) is 11.5. The average molecular weight is 577 g/mol. The topological polar surface area (TPSA) is 66.9 Å². The number of imide groups is 1. The molecule has 5 aromatic rings. The first-order valence-electron chi connectivity index (χ1n) is 14.8. The Morgan fingerprint density at radius 2 is 1.23 bits per heavy atom. The molecule has 3 aliphatic heterocycles. The lowest BCUT2D eigenvalue weighted by Gasteiger charge is -2.36. The lowest BCUT2D eigenvalue weighted by molar-refractivity contribution is -0.151. The molecular formula is C38H28N2O4. The van der Waals surface area contributed by atoms with Crippen molar-refractivity contribution in [2.45, 2.75) is 18.2 Å². The van der Waals surface area contributed by atoms with Crippen molar-refractivity contribution >= 4 is 46.0 Å². The number of hydrogen-bond donors (Lipinski definition) is 0. The summed E-state index contributed by atoms with van der Waals surface area (Å²) in [4.78, 5) is 46.6. The number of anilines is 2. The Hall–Kier alpha value is -5.49. The molecule has 5 aromatic carbocycles. The highest BCUT2D eigenvalue weighted by Crippen LogP contribution is 2.50. The fourth-order valence-corrected chi connectivity index (χ4v) is 7.20. The number of hydrogen-bond acceptors (Lipinski definition) is 5. The van der Waals surface area contributed by atoms with Gasteiger partial charge in [0.25, 0.3) is 0 Å². The van der Waals surface area contributed by atoms with Gasteiger partial charge < -0.3 is 9.64 Å². The minimum Gasteiger partial charge on any atom is -0.451 e. The third-order valence-corrected chi connectivity index (χ3v) is 9.10. The van der Waals surface area contributed by atoms with Crippen LogP contribution in [0.4, 0.5) is 11.4 Å². The van der Waals surface area contributed by atoms with E-state index >= 15 is 0 Å². The smallest absolute Gasteiger partial charge is 0.330 e. The van der Waals surface area contributed by atoms with E-state index in [2.05, 4.69) is 0 Å². The molecule has 8 rings (SSSR count). The molecule has 6 heteroatoms. The SMILES string of the molecule is O=C(OC(c1ccccc1)c1ccccc1)[C@@H]1[C@@H]2C(=O)N(c3cccc4ccccc34)C(=O)[C@H]2[C@@H]2C=Cc3ccccc3N12. The van der Waals surface area contributed by atoms with E-state index in [4.69, 9.17) is 4.74 Å². The molecule has 3 heterocycles. The van der Waals surface area contributed by atoms with E-state index < -0.39 is 36.0 Å². The van der Waals surface area contributed by atoms with Crippen molar-refractivity contribution in [2.24, 2.45) is 11.8 Å². The largest absolute Gasteiger partial charge is 0.451 e. The summed E-state index contributed by atoms with van der Waals surface area (Å²) in [5.41, 5.74) is 3.92. The minimum atomic E-state index is -0.998. The van der Waals surface area contributed by atoms with E-state index in [0.717, 1.165) is 33.2 Å². The number of benzene rings is 5. The summed E-state index contributed by atoms with van der Waals surface area (Å²) in [5.74, 6) is -2.87. The minimum absolute atomic E-state index is 0.298. The maximum atomic E-state index is 14.5. The van der Waals surface area contributed by atoms with Crippen molar-refractivity contribution in [3.63, 3.8) is 0 Å². The summed E-state index contributed by atoms with van der Waals surface area (Å²) in [6.45, 7) is 0. The predicted molar refractivity (Wildman–Crippen MR) is 170 cm³/mol. The molecule has 0 radical (unpaired) electrons. The van der Waals surface area contributed by atoms with Gasteiger partial charge in [0.05, 0.1) is 23.6 Å². The van der Waals surface area contributed by atoms with Crippen LogP contribution in [0.5, 0.6) is 0 Å². The molecule has 0 N–H and O–H groups in total. The molecule has 0 spiro atoms. The van der Waals surface area contributed by atoms with Gasteiger partial charge in [-0.15, -0.1) is 0 Å². The third kappa shape index (κ3) is 3.98. The van der Waals surface area contributed by atoms with Gasteiger partial charge in [-0.05, 0) is 34.2 Å². The Kier molecular flexibility index (Phi) is 6.15. The van der Waals surface area contributed by atoms with Crippen LogP contribution in [0.1, 0.15) is 22.8 Å². The summed E-state index contributed by atoms with van der Waals surface area (Å²) >= 11 is 0. The highest BCUT2D eigenvalue weighted by Gasteiger charge is 2.65. The maximum Gasteiger partial charge on any atom is 0.330 e. The number of rotatable bonds is 5. The van der Waals surface area contributed by atoms with Gasteiger partial charge in [-0.1, -0.05) is 127 Å². The highest BCUT2D eigenvalue weighted by molar-refractivity contribution is 6.27. The third-order valence-electron chi connectivity index (χ3n) is 9.10. The van der Waals surface area contributed by atoms with Crippen molar-refractivity contribution < 1.29 is 19.1 Å². The Morgan fingerprint density at radius 1 is 0.636 bits per heavy atom. The van der Waals surface area contributed by atoms with E-state index in [9.17, 15) is 14.4 Å². The standard InChI is InChI=1S/C38H28N2O4/c41-36-32-31-23-22-25-13-8-10-20-29(25)39(31)34(33(32)37(42)40(36)30-21-11-18-24-12-7-9-19-28(24)30)38(43)44-35(26-14-3-1-4-15-26)27-16-5-2-6-17-27/h1-23,31-35H/t31-,32-,33+,34-/m0/s1. The van der Waals surface area contributed by atoms with Crippen LogP contribution in [0.3, 0.4) is 0 Å². The summed E-state index contributed by atoms with van der Waals surface area (Å²) in [7, 11) is 0. The molecule has 0 aliphatic carbocycles.